The van der Waals surface area contributed by atoms with E-state index in [2.05, 4.69) is 32.1 Å². The summed E-state index contributed by atoms with van der Waals surface area (Å²) in [5, 5.41) is 14.8. The first-order valence-electron chi connectivity index (χ1n) is 10.9. The zero-order chi connectivity index (χ0) is 23.2. The Morgan fingerprint density at radius 1 is 1.15 bits per heavy atom. The summed E-state index contributed by atoms with van der Waals surface area (Å²) >= 11 is 0. The van der Waals surface area contributed by atoms with Gasteiger partial charge in [-0.2, -0.15) is 13.1 Å². The van der Waals surface area contributed by atoms with Gasteiger partial charge in [0.05, 0.1) is 23.6 Å². The molecule has 1 fully saturated rings. The fourth-order valence-electron chi connectivity index (χ4n) is 4.97. The Labute approximate surface area is 192 Å². The maximum absolute atomic E-state index is 11.8. The molecule has 11 heteroatoms. The number of benzene rings is 1. The molecule has 5 atom stereocenters. The smallest absolute Gasteiger partial charge is 0.335 e. The number of aliphatic hydroxyl groups excluding tert-OH is 1. The Morgan fingerprint density at radius 2 is 1.97 bits per heavy atom. The lowest BCUT2D eigenvalue weighted by Crippen LogP contribution is -2.31. The number of aliphatic hydroxyl groups is 1. The number of ether oxygens (including phenoxy) is 1. The van der Waals surface area contributed by atoms with E-state index in [1.54, 1.807) is 7.11 Å². The third-order valence-corrected chi connectivity index (χ3v) is 7.63. The Bertz CT molecular complexity index is 1260. The van der Waals surface area contributed by atoms with Crippen molar-refractivity contribution in [2.75, 3.05) is 19.5 Å². The van der Waals surface area contributed by atoms with E-state index >= 15 is 0 Å². The van der Waals surface area contributed by atoms with Gasteiger partial charge in [0.25, 0.3) is 0 Å². The average molecular weight is 474 g/mol. The third kappa shape index (κ3) is 4.11. The number of nitrogens with one attached hydrogen (secondary N) is 2. The first kappa shape index (κ1) is 22.2. The molecular formula is C22H27N5O5S. The van der Waals surface area contributed by atoms with Gasteiger partial charge in [-0.3, -0.25) is 4.18 Å². The van der Waals surface area contributed by atoms with E-state index in [4.69, 9.17) is 8.92 Å². The van der Waals surface area contributed by atoms with Gasteiger partial charge in [0.15, 0.2) is 0 Å². The van der Waals surface area contributed by atoms with E-state index in [1.165, 1.54) is 24.5 Å². The fourth-order valence-corrected chi connectivity index (χ4v) is 5.60. The summed E-state index contributed by atoms with van der Waals surface area (Å²) in [6, 6.07) is 10.0. The number of fused-ring (bicyclic) bond motifs is 2. The van der Waals surface area contributed by atoms with Gasteiger partial charge in [-0.1, -0.05) is 24.3 Å². The van der Waals surface area contributed by atoms with Crippen LogP contribution in [0.1, 0.15) is 36.1 Å². The van der Waals surface area contributed by atoms with Crippen molar-refractivity contribution in [3.8, 4) is 0 Å². The van der Waals surface area contributed by atoms with Crippen molar-refractivity contribution in [1.82, 2.24) is 19.3 Å². The highest BCUT2D eigenvalue weighted by atomic mass is 32.2. The number of hydrogen-bond donors (Lipinski definition) is 3. The topological polar surface area (TPSA) is 128 Å². The van der Waals surface area contributed by atoms with Crippen LogP contribution in [0.5, 0.6) is 0 Å². The highest BCUT2D eigenvalue weighted by molar-refractivity contribution is 7.84. The molecular weight excluding hydrogens is 446 g/mol. The van der Waals surface area contributed by atoms with Gasteiger partial charge >= 0.3 is 10.3 Å². The minimum atomic E-state index is -3.89. The molecule has 33 heavy (non-hydrogen) atoms. The first-order valence-corrected chi connectivity index (χ1v) is 12.3. The monoisotopic (exact) mass is 473 g/mol. The Morgan fingerprint density at radius 3 is 2.76 bits per heavy atom. The maximum Gasteiger partial charge on any atom is 0.335 e. The molecule has 3 aromatic rings. The van der Waals surface area contributed by atoms with Gasteiger partial charge < -0.3 is 19.7 Å². The summed E-state index contributed by atoms with van der Waals surface area (Å²) in [5.41, 5.74) is 3.16. The Balaban J connectivity index is 1.41. The SMILES string of the molecule is CNS(=O)(=O)O[C@H]1C[C@H](n2ccc3c(N[C@@H]4c5ccccc5C[C@@H]4OC)ncnc32)C[C@@H]1O. The van der Waals surface area contributed by atoms with Gasteiger partial charge in [-0.15, -0.1) is 0 Å². The average Bonchev–Trinajstić information content (AvgIpc) is 3.49. The van der Waals surface area contributed by atoms with Crippen LogP contribution >= 0.6 is 0 Å². The van der Waals surface area contributed by atoms with Crippen molar-refractivity contribution in [3.63, 3.8) is 0 Å². The van der Waals surface area contributed by atoms with Crippen molar-refractivity contribution in [1.29, 1.82) is 0 Å². The lowest BCUT2D eigenvalue weighted by atomic mass is 10.1. The number of rotatable bonds is 7. The second-order valence-electron chi connectivity index (χ2n) is 8.47. The van der Waals surface area contributed by atoms with Crippen LogP contribution in [0.4, 0.5) is 5.82 Å². The summed E-state index contributed by atoms with van der Waals surface area (Å²) in [6.45, 7) is 0. The zero-order valence-electron chi connectivity index (χ0n) is 18.4. The molecule has 5 rings (SSSR count). The van der Waals surface area contributed by atoms with E-state index in [-0.39, 0.29) is 18.2 Å². The molecule has 176 valence electrons. The van der Waals surface area contributed by atoms with Crippen molar-refractivity contribution in [2.45, 2.75) is 49.7 Å². The molecule has 1 saturated carbocycles. The van der Waals surface area contributed by atoms with E-state index in [0.717, 1.165) is 11.8 Å². The number of anilines is 1. The molecule has 2 aromatic heterocycles. The molecule has 2 aliphatic rings. The summed E-state index contributed by atoms with van der Waals surface area (Å²) in [6.07, 6.45) is 3.22. The molecule has 3 N–H and O–H groups in total. The normalized spacial score (nSPS) is 27.2. The van der Waals surface area contributed by atoms with E-state index < -0.39 is 22.5 Å². The van der Waals surface area contributed by atoms with Crippen LogP contribution in [0.3, 0.4) is 0 Å². The molecule has 0 amide bonds. The highest BCUT2D eigenvalue weighted by Gasteiger charge is 2.38. The van der Waals surface area contributed by atoms with Crippen LogP contribution in [0.25, 0.3) is 11.0 Å². The molecule has 0 saturated heterocycles. The number of methoxy groups -OCH3 is 1. The van der Waals surface area contributed by atoms with Gasteiger partial charge in [-0.05, 0) is 30.0 Å². The molecule has 1 aromatic carbocycles. The van der Waals surface area contributed by atoms with Crippen LogP contribution in [0, 0.1) is 0 Å². The zero-order valence-corrected chi connectivity index (χ0v) is 19.2. The molecule has 2 aliphatic carbocycles. The van der Waals surface area contributed by atoms with Crippen molar-refractivity contribution >= 4 is 27.2 Å². The van der Waals surface area contributed by atoms with Crippen LogP contribution < -0.4 is 10.0 Å². The van der Waals surface area contributed by atoms with Crippen molar-refractivity contribution in [3.05, 3.63) is 54.0 Å². The van der Waals surface area contributed by atoms with Crippen LogP contribution in [-0.4, -0.2) is 60.5 Å². The summed E-state index contributed by atoms with van der Waals surface area (Å²) in [4.78, 5) is 8.96. The molecule has 10 nitrogen and oxygen atoms in total. The second-order valence-corrected chi connectivity index (χ2v) is 9.98. The minimum absolute atomic E-state index is 0.00786. The highest BCUT2D eigenvalue weighted by Crippen LogP contribution is 2.38. The van der Waals surface area contributed by atoms with Crippen LogP contribution in [-0.2, 0) is 25.6 Å². The summed E-state index contributed by atoms with van der Waals surface area (Å²) in [7, 11) is -0.898. The van der Waals surface area contributed by atoms with Gasteiger partial charge in [0, 0.05) is 32.8 Å². The standard InChI is InChI=1S/C22H27N5O5S/c1-23-33(29,30)32-18-11-14(10-17(18)28)27-8-7-16-21(24-12-25-22(16)27)26-20-15-6-4-3-5-13(15)9-19(20)31-2/h3-8,12,14,17-20,23,28H,9-11H2,1-2H3,(H,24,25,26)/t14-,17+,18+,19+,20-/m1/s1. The predicted octanol–water partition coefficient (Wildman–Crippen LogP) is 1.70. The summed E-state index contributed by atoms with van der Waals surface area (Å²) in [5.74, 6) is 0.701. The lowest BCUT2D eigenvalue weighted by molar-refractivity contribution is 0.0635. The molecule has 0 radical (unpaired) electrons. The maximum atomic E-state index is 11.8. The second kappa shape index (κ2) is 8.65. The van der Waals surface area contributed by atoms with E-state index in [9.17, 15) is 13.5 Å². The summed E-state index contributed by atoms with van der Waals surface area (Å²) < 4.78 is 38.5. The number of aromatic nitrogens is 3. The van der Waals surface area contributed by atoms with Crippen LogP contribution in [0.15, 0.2) is 42.9 Å². The van der Waals surface area contributed by atoms with Crippen molar-refractivity contribution < 1.29 is 22.4 Å². The van der Waals surface area contributed by atoms with Crippen molar-refractivity contribution in [2.24, 2.45) is 0 Å². The molecule has 0 bridgehead atoms. The van der Waals surface area contributed by atoms with Gasteiger partial charge in [0.2, 0.25) is 0 Å². The quantitative estimate of drug-likeness (QED) is 0.473. The third-order valence-electron chi connectivity index (χ3n) is 6.63. The number of hydrogen-bond acceptors (Lipinski definition) is 8. The minimum Gasteiger partial charge on any atom is -0.390 e. The molecule has 0 unspecified atom stereocenters. The Kier molecular flexibility index (Phi) is 5.83. The molecule has 0 spiro atoms. The first-order chi connectivity index (χ1) is 15.9. The van der Waals surface area contributed by atoms with Crippen LogP contribution in [0.2, 0.25) is 0 Å². The van der Waals surface area contributed by atoms with Gasteiger partial charge in [-0.25, -0.2) is 9.97 Å². The largest absolute Gasteiger partial charge is 0.390 e. The van der Waals surface area contributed by atoms with E-state index in [0.29, 0.717) is 24.3 Å². The Hall–Kier alpha value is -2.57. The molecule has 2 heterocycles. The predicted molar refractivity (Wildman–Crippen MR) is 122 cm³/mol. The fraction of sp³-hybridized carbons (Fsp3) is 0.455. The van der Waals surface area contributed by atoms with Gasteiger partial charge in [0.1, 0.15) is 23.9 Å². The van der Waals surface area contributed by atoms with E-state index in [1.807, 2.05) is 29.0 Å². The lowest BCUT2D eigenvalue weighted by Gasteiger charge is -2.22. The number of nitrogens with zero attached hydrogens (tertiary/aromatic N) is 3. The molecule has 0 aliphatic heterocycles.